The second kappa shape index (κ2) is 6.72. The van der Waals surface area contributed by atoms with Crippen molar-refractivity contribution < 1.29 is 4.74 Å². The Balaban J connectivity index is 1.58. The number of benzene rings is 2. The molecular weight excluding hydrogens is 303 g/mol. The summed E-state index contributed by atoms with van der Waals surface area (Å²) in [6.45, 7) is 0. The van der Waals surface area contributed by atoms with Gasteiger partial charge < -0.3 is 4.74 Å². The standard InChI is InChI=1S/C18H18Cl2O/c19-17-11-8-14(12-18(17)20)13-6-9-16(10-7-13)21-15-4-2-1-3-5-15/h1-5,8,11-13,16H,6-7,9-10H2. The molecule has 0 radical (unpaired) electrons. The van der Waals surface area contributed by atoms with Crippen molar-refractivity contribution in [2.24, 2.45) is 0 Å². The minimum Gasteiger partial charge on any atom is -0.490 e. The summed E-state index contributed by atoms with van der Waals surface area (Å²) >= 11 is 12.1. The summed E-state index contributed by atoms with van der Waals surface area (Å²) in [6, 6.07) is 16.1. The van der Waals surface area contributed by atoms with Gasteiger partial charge in [0.2, 0.25) is 0 Å². The minimum absolute atomic E-state index is 0.325. The molecule has 0 bridgehead atoms. The predicted octanol–water partition coefficient (Wildman–Crippen LogP) is 6.10. The molecule has 0 N–H and O–H groups in total. The van der Waals surface area contributed by atoms with Gasteiger partial charge in [-0.3, -0.25) is 0 Å². The zero-order valence-corrected chi connectivity index (χ0v) is 13.3. The molecule has 3 heteroatoms. The number of para-hydroxylation sites is 1. The van der Waals surface area contributed by atoms with E-state index in [4.69, 9.17) is 27.9 Å². The molecule has 2 aromatic carbocycles. The van der Waals surface area contributed by atoms with Crippen LogP contribution in [0.5, 0.6) is 5.75 Å². The van der Waals surface area contributed by atoms with Crippen LogP contribution in [-0.2, 0) is 0 Å². The molecule has 0 aromatic heterocycles. The van der Waals surface area contributed by atoms with Crippen molar-refractivity contribution in [2.45, 2.75) is 37.7 Å². The molecule has 1 nitrogen and oxygen atoms in total. The van der Waals surface area contributed by atoms with Gasteiger partial charge in [0.1, 0.15) is 5.75 Å². The van der Waals surface area contributed by atoms with Crippen molar-refractivity contribution in [1.29, 1.82) is 0 Å². The molecule has 0 unspecified atom stereocenters. The van der Waals surface area contributed by atoms with E-state index in [2.05, 4.69) is 6.07 Å². The highest BCUT2D eigenvalue weighted by Gasteiger charge is 2.23. The van der Waals surface area contributed by atoms with E-state index in [0.717, 1.165) is 31.4 Å². The summed E-state index contributed by atoms with van der Waals surface area (Å²) in [4.78, 5) is 0. The maximum Gasteiger partial charge on any atom is 0.119 e. The molecule has 0 spiro atoms. The molecule has 0 saturated heterocycles. The molecule has 21 heavy (non-hydrogen) atoms. The Morgan fingerprint density at radius 3 is 2.19 bits per heavy atom. The monoisotopic (exact) mass is 320 g/mol. The number of rotatable bonds is 3. The van der Waals surface area contributed by atoms with E-state index in [1.54, 1.807) is 0 Å². The molecule has 0 amide bonds. The summed E-state index contributed by atoms with van der Waals surface area (Å²) in [6.07, 6.45) is 4.76. The zero-order chi connectivity index (χ0) is 14.7. The van der Waals surface area contributed by atoms with E-state index in [9.17, 15) is 0 Å². The van der Waals surface area contributed by atoms with Gasteiger partial charge in [-0.25, -0.2) is 0 Å². The molecule has 0 heterocycles. The van der Waals surface area contributed by atoms with Crippen molar-refractivity contribution in [3.63, 3.8) is 0 Å². The molecule has 3 rings (SSSR count). The lowest BCUT2D eigenvalue weighted by atomic mass is 9.83. The number of hydrogen-bond donors (Lipinski definition) is 0. The van der Waals surface area contributed by atoms with Crippen LogP contribution in [0.3, 0.4) is 0 Å². The average Bonchev–Trinajstić information content (AvgIpc) is 2.52. The van der Waals surface area contributed by atoms with Crippen molar-refractivity contribution >= 4 is 23.2 Å². The van der Waals surface area contributed by atoms with Gasteiger partial charge in [-0.05, 0) is 61.4 Å². The van der Waals surface area contributed by atoms with Crippen molar-refractivity contribution in [1.82, 2.24) is 0 Å². The Morgan fingerprint density at radius 2 is 1.52 bits per heavy atom. The smallest absolute Gasteiger partial charge is 0.119 e. The summed E-state index contributed by atoms with van der Waals surface area (Å²) in [5.41, 5.74) is 1.29. The van der Waals surface area contributed by atoms with E-state index < -0.39 is 0 Å². The topological polar surface area (TPSA) is 9.23 Å². The number of halogens is 2. The normalized spacial score (nSPS) is 22.0. The van der Waals surface area contributed by atoms with Crippen LogP contribution in [0.15, 0.2) is 48.5 Å². The average molecular weight is 321 g/mol. The van der Waals surface area contributed by atoms with Gasteiger partial charge in [-0.2, -0.15) is 0 Å². The first kappa shape index (κ1) is 14.7. The molecule has 0 atom stereocenters. The Bertz CT molecular complexity index is 589. The fourth-order valence-electron chi connectivity index (χ4n) is 2.97. The third kappa shape index (κ3) is 3.72. The van der Waals surface area contributed by atoms with Gasteiger partial charge in [-0.1, -0.05) is 47.5 Å². The largest absolute Gasteiger partial charge is 0.490 e. The van der Waals surface area contributed by atoms with Crippen LogP contribution in [-0.4, -0.2) is 6.10 Å². The highest BCUT2D eigenvalue weighted by atomic mass is 35.5. The van der Waals surface area contributed by atoms with Gasteiger partial charge in [0.25, 0.3) is 0 Å². The third-order valence-electron chi connectivity index (χ3n) is 4.14. The van der Waals surface area contributed by atoms with Gasteiger partial charge >= 0.3 is 0 Å². The second-order valence-corrected chi connectivity index (χ2v) is 6.39. The highest BCUT2D eigenvalue weighted by molar-refractivity contribution is 6.42. The Morgan fingerprint density at radius 1 is 0.810 bits per heavy atom. The minimum atomic E-state index is 0.325. The van der Waals surface area contributed by atoms with Crippen LogP contribution in [0, 0.1) is 0 Å². The fourth-order valence-corrected chi connectivity index (χ4v) is 3.28. The Labute approximate surface area is 135 Å². The van der Waals surface area contributed by atoms with E-state index in [1.165, 1.54) is 5.56 Å². The van der Waals surface area contributed by atoms with Gasteiger partial charge in [0.05, 0.1) is 16.1 Å². The maximum absolute atomic E-state index is 6.11. The molecular formula is C18H18Cl2O. The molecule has 1 aliphatic carbocycles. The lowest BCUT2D eigenvalue weighted by molar-refractivity contribution is 0.146. The maximum atomic E-state index is 6.11. The molecule has 1 fully saturated rings. The molecule has 1 saturated carbocycles. The molecule has 2 aromatic rings. The summed E-state index contributed by atoms with van der Waals surface area (Å²) in [5.74, 6) is 1.53. The third-order valence-corrected chi connectivity index (χ3v) is 4.87. The summed E-state index contributed by atoms with van der Waals surface area (Å²) in [5, 5.41) is 1.28. The van der Waals surface area contributed by atoms with Gasteiger partial charge in [0, 0.05) is 0 Å². The van der Waals surface area contributed by atoms with Crippen LogP contribution in [0.25, 0.3) is 0 Å². The van der Waals surface area contributed by atoms with Crippen LogP contribution >= 0.6 is 23.2 Å². The number of ether oxygens (including phenoxy) is 1. The van der Waals surface area contributed by atoms with E-state index in [0.29, 0.717) is 22.1 Å². The summed E-state index contributed by atoms with van der Waals surface area (Å²) in [7, 11) is 0. The highest BCUT2D eigenvalue weighted by Crippen LogP contribution is 2.36. The molecule has 1 aliphatic rings. The van der Waals surface area contributed by atoms with Crippen LogP contribution < -0.4 is 4.74 Å². The van der Waals surface area contributed by atoms with E-state index >= 15 is 0 Å². The van der Waals surface area contributed by atoms with Crippen molar-refractivity contribution in [3.05, 3.63) is 64.1 Å². The second-order valence-electron chi connectivity index (χ2n) is 5.58. The predicted molar refractivity (Wildman–Crippen MR) is 88.5 cm³/mol. The SMILES string of the molecule is Clc1ccc(C2CCC(Oc3ccccc3)CC2)cc1Cl. The quantitative estimate of drug-likeness (QED) is 0.664. The Kier molecular flexibility index (Phi) is 4.72. The van der Waals surface area contributed by atoms with Crippen LogP contribution in [0.2, 0.25) is 10.0 Å². The van der Waals surface area contributed by atoms with Crippen LogP contribution in [0.4, 0.5) is 0 Å². The lowest BCUT2D eigenvalue weighted by Gasteiger charge is -2.29. The zero-order valence-electron chi connectivity index (χ0n) is 11.8. The molecule has 0 aliphatic heterocycles. The van der Waals surface area contributed by atoms with Gasteiger partial charge in [0.15, 0.2) is 0 Å². The first-order valence-corrected chi connectivity index (χ1v) is 8.14. The fraction of sp³-hybridized carbons (Fsp3) is 0.333. The van der Waals surface area contributed by atoms with Crippen LogP contribution in [0.1, 0.15) is 37.2 Å². The molecule has 110 valence electrons. The summed E-state index contributed by atoms with van der Waals surface area (Å²) < 4.78 is 6.04. The van der Waals surface area contributed by atoms with Crippen molar-refractivity contribution in [3.8, 4) is 5.75 Å². The first-order valence-electron chi connectivity index (χ1n) is 7.39. The van der Waals surface area contributed by atoms with Gasteiger partial charge in [-0.15, -0.1) is 0 Å². The van der Waals surface area contributed by atoms with E-state index in [-0.39, 0.29) is 0 Å². The van der Waals surface area contributed by atoms with E-state index in [1.807, 2.05) is 42.5 Å². The lowest BCUT2D eigenvalue weighted by Crippen LogP contribution is -2.23. The first-order chi connectivity index (χ1) is 10.2. The Hall–Kier alpha value is -1.18. The number of hydrogen-bond acceptors (Lipinski definition) is 1. The van der Waals surface area contributed by atoms with Crippen molar-refractivity contribution in [2.75, 3.05) is 0 Å².